The van der Waals surface area contributed by atoms with Gasteiger partial charge in [0.15, 0.2) is 0 Å². The molecule has 19 heavy (non-hydrogen) atoms. The number of phenolic OH excluding ortho intramolecular Hbond substituents is 1. The van der Waals surface area contributed by atoms with Gasteiger partial charge in [0.25, 0.3) is 11.6 Å². The van der Waals surface area contributed by atoms with Crippen LogP contribution in [0.3, 0.4) is 0 Å². The molecule has 1 aromatic carbocycles. The number of amides is 1. The number of non-ortho nitro benzene ring substituents is 1. The van der Waals surface area contributed by atoms with Crippen molar-refractivity contribution in [2.45, 2.75) is 0 Å². The number of carbonyl (C=O) groups excluding carboxylic acids is 1. The molecule has 0 aliphatic heterocycles. The van der Waals surface area contributed by atoms with E-state index in [2.05, 4.69) is 10.3 Å². The largest absolute Gasteiger partial charge is 0.506 e. The van der Waals surface area contributed by atoms with Crippen LogP contribution in [0.25, 0.3) is 0 Å². The average molecular weight is 282 g/mol. The van der Waals surface area contributed by atoms with Crippen LogP contribution in [0.5, 0.6) is 5.75 Å². The second-order valence-corrected chi connectivity index (χ2v) is 4.08. The lowest BCUT2D eigenvalue weighted by Crippen LogP contribution is -2.12. The number of anilines is 1. The summed E-state index contributed by atoms with van der Waals surface area (Å²) >= 11 is 5.66. The zero-order chi connectivity index (χ0) is 14.0. The molecule has 0 saturated heterocycles. The van der Waals surface area contributed by atoms with Crippen molar-refractivity contribution in [1.29, 1.82) is 0 Å². The Morgan fingerprint density at radius 2 is 2.16 bits per heavy atom. The van der Waals surface area contributed by atoms with Gasteiger partial charge in [0.05, 0.1) is 15.6 Å². The van der Waals surface area contributed by atoms with Crippen molar-refractivity contribution >= 4 is 28.9 Å². The number of H-pyrrole nitrogens is 1. The van der Waals surface area contributed by atoms with Crippen LogP contribution in [-0.4, -0.2) is 20.9 Å². The molecule has 1 heterocycles. The standard InChI is InChI=1S/C11H8ClN3O4/c12-6-3-9(13-5-6)11(17)14-8-4-7(15(18)19)1-2-10(8)16/h1-5,13,16H,(H,14,17). The number of nitrogens with one attached hydrogen (secondary N) is 2. The molecule has 0 aliphatic carbocycles. The van der Waals surface area contributed by atoms with Crippen LogP contribution in [0, 0.1) is 10.1 Å². The second-order valence-electron chi connectivity index (χ2n) is 3.64. The van der Waals surface area contributed by atoms with Gasteiger partial charge in [0.2, 0.25) is 0 Å². The van der Waals surface area contributed by atoms with Crippen LogP contribution in [0.15, 0.2) is 30.5 Å². The molecular formula is C11H8ClN3O4. The van der Waals surface area contributed by atoms with E-state index in [0.29, 0.717) is 5.02 Å². The van der Waals surface area contributed by atoms with Gasteiger partial charge in [-0.05, 0) is 12.1 Å². The number of aromatic amines is 1. The fourth-order valence-electron chi connectivity index (χ4n) is 1.43. The maximum Gasteiger partial charge on any atom is 0.272 e. The number of aromatic nitrogens is 1. The Kier molecular flexibility index (Phi) is 3.39. The molecule has 2 aromatic rings. The molecule has 0 fully saturated rings. The highest BCUT2D eigenvalue weighted by Crippen LogP contribution is 2.28. The first-order valence-corrected chi connectivity index (χ1v) is 5.48. The molecule has 1 aromatic heterocycles. The van der Waals surface area contributed by atoms with Gasteiger partial charge < -0.3 is 15.4 Å². The monoisotopic (exact) mass is 281 g/mol. The van der Waals surface area contributed by atoms with Gasteiger partial charge in [0.1, 0.15) is 11.4 Å². The normalized spacial score (nSPS) is 10.2. The number of carbonyl (C=O) groups is 1. The predicted octanol–water partition coefficient (Wildman–Crippen LogP) is 2.53. The zero-order valence-corrected chi connectivity index (χ0v) is 10.1. The van der Waals surface area contributed by atoms with Crippen molar-refractivity contribution in [1.82, 2.24) is 4.98 Å². The number of benzene rings is 1. The lowest BCUT2D eigenvalue weighted by atomic mass is 10.2. The predicted molar refractivity (Wildman–Crippen MR) is 68.5 cm³/mol. The number of nitro benzene ring substituents is 1. The van der Waals surface area contributed by atoms with Crippen LogP contribution < -0.4 is 5.32 Å². The number of nitro groups is 1. The third kappa shape index (κ3) is 2.83. The SMILES string of the molecule is O=C(Nc1cc([N+](=O)[O-])ccc1O)c1cc(Cl)c[nH]1. The summed E-state index contributed by atoms with van der Waals surface area (Å²) in [6.45, 7) is 0. The Morgan fingerprint density at radius 3 is 2.74 bits per heavy atom. The summed E-state index contributed by atoms with van der Waals surface area (Å²) in [7, 11) is 0. The first-order chi connectivity index (χ1) is 8.97. The van der Waals surface area contributed by atoms with E-state index in [-0.39, 0.29) is 22.8 Å². The minimum atomic E-state index is -0.624. The van der Waals surface area contributed by atoms with Gasteiger partial charge in [-0.15, -0.1) is 0 Å². The molecule has 2 rings (SSSR count). The zero-order valence-electron chi connectivity index (χ0n) is 9.38. The van der Waals surface area contributed by atoms with Gasteiger partial charge >= 0.3 is 0 Å². The maximum absolute atomic E-state index is 11.8. The quantitative estimate of drug-likeness (QED) is 0.456. The van der Waals surface area contributed by atoms with E-state index in [4.69, 9.17) is 11.6 Å². The number of hydrogen-bond donors (Lipinski definition) is 3. The van der Waals surface area contributed by atoms with Crippen LogP contribution in [0.2, 0.25) is 5.02 Å². The highest BCUT2D eigenvalue weighted by atomic mass is 35.5. The molecule has 1 amide bonds. The van der Waals surface area contributed by atoms with Gasteiger partial charge in [0, 0.05) is 18.3 Å². The highest BCUT2D eigenvalue weighted by molar-refractivity contribution is 6.31. The number of rotatable bonds is 3. The van der Waals surface area contributed by atoms with Gasteiger partial charge in [-0.25, -0.2) is 0 Å². The molecule has 0 unspecified atom stereocenters. The minimum Gasteiger partial charge on any atom is -0.506 e. The summed E-state index contributed by atoms with van der Waals surface area (Å²) in [5.74, 6) is -0.834. The van der Waals surface area contributed by atoms with E-state index in [1.165, 1.54) is 12.3 Å². The Bertz CT molecular complexity index is 653. The molecule has 0 bridgehead atoms. The van der Waals surface area contributed by atoms with Crippen LogP contribution in [0.4, 0.5) is 11.4 Å². The summed E-state index contributed by atoms with van der Waals surface area (Å²) in [5, 5.41) is 22.9. The summed E-state index contributed by atoms with van der Waals surface area (Å²) in [6.07, 6.45) is 1.42. The molecule has 0 atom stereocenters. The maximum atomic E-state index is 11.8. The number of halogens is 1. The Morgan fingerprint density at radius 1 is 1.42 bits per heavy atom. The van der Waals surface area contributed by atoms with E-state index in [1.54, 1.807) is 0 Å². The average Bonchev–Trinajstić information content (AvgIpc) is 2.78. The Hall–Kier alpha value is -2.54. The van der Waals surface area contributed by atoms with Gasteiger partial charge in [-0.3, -0.25) is 14.9 Å². The third-order valence-corrected chi connectivity index (χ3v) is 2.55. The molecule has 0 aliphatic rings. The van der Waals surface area contributed by atoms with Crippen LogP contribution in [0.1, 0.15) is 10.5 Å². The van der Waals surface area contributed by atoms with Crippen molar-refractivity contribution in [3.8, 4) is 5.75 Å². The highest BCUT2D eigenvalue weighted by Gasteiger charge is 2.14. The minimum absolute atomic E-state index is 0.0510. The van der Waals surface area contributed by atoms with Crippen molar-refractivity contribution in [3.63, 3.8) is 0 Å². The molecule has 3 N–H and O–H groups in total. The number of hydrogen-bond acceptors (Lipinski definition) is 4. The fourth-order valence-corrected chi connectivity index (χ4v) is 1.59. The van der Waals surface area contributed by atoms with E-state index in [1.807, 2.05) is 0 Å². The second kappa shape index (κ2) is 4.99. The lowest BCUT2D eigenvalue weighted by molar-refractivity contribution is -0.384. The van der Waals surface area contributed by atoms with E-state index in [9.17, 15) is 20.0 Å². The van der Waals surface area contributed by atoms with Crippen LogP contribution >= 0.6 is 11.6 Å². The van der Waals surface area contributed by atoms with Crippen molar-refractivity contribution in [2.24, 2.45) is 0 Å². The van der Waals surface area contributed by atoms with Crippen molar-refractivity contribution in [2.75, 3.05) is 5.32 Å². The fraction of sp³-hybridized carbons (Fsp3) is 0. The van der Waals surface area contributed by atoms with Crippen LogP contribution in [-0.2, 0) is 0 Å². The molecular weight excluding hydrogens is 274 g/mol. The topological polar surface area (TPSA) is 108 Å². The molecule has 7 nitrogen and oxygen atoms in total. The van der Waals surface area contributed by atoms with Crippen molar-refractivity contribution in [3.05, 3.63) is 51.3 Å². The molecule has 0 spiro atoms. The first-order valence-electron chi connectivity index (χ1n) is 5.10. The molecule has 0 saturated carbocycles. The van der Waals surface area contributed by atoms with E-state index >= 15 is 0 Å². The summed E-state index contributed by atoms with van der Waals surface area (Å²) in [5.41, 5.74) is -0.113. The summed E-state index contributed by atoms with van der Waals surface area (Å²) < 4.78 is 0. The smallest absolute Gasteiger partial charge is 0.272 e. The number of nitrogens with zero attached hydrogens (tertiary/aromatic N) is 1. The molecule has 98 valence electrons. The lowest BCUT2D eigenvalue weighted by Gasteiger charge is -2.05. The third-order valence-electron chi connectivity index (χ3n) is 2.33. The summed E-state index contributed by atoms with van der Waals surface area (Å²) in [4.78, 5) is 24.4. The van der Waals surface area contributed by atoms with Gasteiger partial charge in [-0.2, -0.15) is 0 Å². The van der Waals surface area contributed by atoms with Gasteiger partial charge in [-0.1, -0.05) is 11.6 Å². The summed E-state index contributed by atoms with van der Waals surface area (Å²) in [6, 6.07) is 4.73. The molecule has 8 heteroatoms. The number of aromatic hydroxyl groups is 1. The Balaban J connectivity index is 2.25. The number of phenols is 1. The van der Waals surface area contributed by atoms with E-state index < -0.39 is 10.8 Å². The van der Waals surface area contributed by atoms with E-state index in [0.717, 1.165) is 18.2 Å². The molecule has 0 radical (unpaired) electrons. The van der Waals surface area contributed by atoms with Crippen molar-refractivity contribution < 1.29 is 14.8 Å². The Labute approximate surface area is 112 Å². The first kappa shape index (κ1) is 12.9.